The Kier molecular flexibility index (Phi) is 8.54. The second-order valence-electron chi connectivity index (χ2n) is 9.44. The molecule has 198 valence electrons. The Hall–Kier alpha value is -3.62. The standard InChI is InChI=1S/C29H27ClFNO6/c1-38-9-8-25(27(34)11-17-2-4-19(5-3-17)29(36)37)32-16-24-23(14-28(32)35)22-13-21(30)7-6-20(22)10-18(15-31)12-26(24)33/h2-7,13-14,16,18,25H,8-12,15H2,1H3,(H,36,37). The summed E-state index contributed by atoms with van der Waals surface area (Å²) in [4.78, 5) is 51.2. The van der Waals surface area contributed by atoms with Gasteiger partial charge in [0, 0.05) is 49.4 Å². The number of ketones is 2. The van der Waals surface area contributed by atoms with Gasteiger partial charge in [-0.1, -0.05) is 29.8 Å². The summed E-state index contributed by atoms with van der Waals surface area (Å²) in [5.74, 6) is -2.20. The third kappa shape index (κ3) is 5.92. The lowest BCUT2D eigenvalue weighted by molar-refractivity contribution is -0.122. The van der Waals surface area contributed by atoms with Gasteiger partial charge in [-0.2, -0.15) is 0 Å². The maximum Gasteiger partial charge on any atom is 0.335 e. The number of alkyl halides is 1. The maximum absolute atomic E-state index is 13.8. The van der Waals surface area contributed by atoms with Crippen LogP contribution < -0.4 is 5.56 Å². The highest BCUT2D eigenvalue weighted by Crippen LogP contribution is 2.35. The molecule has 0 saturated heterocycles. The van der Waals surface area contributed by atoms with Crippen LogP contribution in [0.4, 0.5) is 4.39 Å². The zero-order valence-corrected chi connectivity index (χ0v) is 21.5. The number of hydrogen-bond donors (Lipinski definition) is 1. The summed E-state index contributed by atoms with van der Waals surface area (Å²) in [7, 11) is 1.48. The molecule has 0 radical (unpaired) electrons. The van der Waals surface area contributed by atoms with Gasteiger partial charge in [0.15, 0.2) is 11.6 Å². The molecule has 3 aromatic rings. The molecule has 0 spiro atoms. The SMILES string of the molecule is COCCC(C(=O)Cc1ccc(C(=O)O)cc1)n1cc2c(cc1=O)-c1cc(Cl)ccc1CC(CF)CC2=O. The molecule has 2 unspecified atom stereocenters. The van der Waals surface area contributed by atoms with Gasteiger partial charge in [-0.3, -0.25) is 18.8 Å². The van der Waals surface area contributed by atoms with Gasteiger partial charge in [-0.05, 0) is 65.3 Å². The number of aromatic carboxylic acids is 1. The predicted octanol–water partition coefficient (Wildman–Crippen LogP) is 4.97. The van der Waals surface area contributed by atoms with Crippen molar-refractivity contribution in [1.82, 2.24) is 4.57 Å². The fourth-order valence-electron chi connectivity index (χ4n) is 4.85. The molecule has 9 heteroatoms. The van der Waals surface area contributed by atoms with Crippen LogP contribution in [0.2, 0.25) is 5.02 Å². The second kappa shape index (κ2) is 11.8. The first-order valence-corrected chi connectivity index (χ1v) is 12.6. The van der Waals surface area contributed by atoms with E-state index in [1.807, 2.05) is 0 Å². The number of pyridine rings is 1. The summed E-state index contributed by atoms with van der Waals surface area (Å²) < 4.78 is 20.2. The van der Waals surface area contributed by atoms with Crippen LogP contribution in [-0.2, 0) is 22.4 Å². The van der Waals surface area contributed by atoms with Crippen molar-refractivity contribution < 1.29 is 28.6 Å². The quantitative estimate of drug-likeness (QED) is 0.412. The van der Waals surface area contributed by atoms with Crippen molar-refractivity contribution in [2.45, 2.75) is 31.7 Å². The number of carbonyl (C=O) groups is 3. The van der Waals surface area contributed by atoms with Crippen molar-refractivity contribution in [3.8, 4) is 11.1 Å². The fraction of sp³-hybridized carbons (Fsp3) is 0.310. The number of Topliss-reactive ketones (excluding diaryl/α,β-unsaturated/α-hetero) is 2. The predicted molar refractivity (Wildman–Crippen MR) is 141 cm³/mol. The molecule has 1 aliphatic rings. The number of carboxylic acid groups (broad SMARTS) is 1. The van der Waals surface area contributed by atoms with Crippen LogP contribution in [0.15, 0.2) is 59.5 Å². The Morgan fingerprint density at radius 1 is 1.08 bits per heavy atom. The number of benzene rings is 2. The molecule has 0 saturated carbocycles. The summed E-state index contributed by atoms with van der Waals surface area (Å²) in [6.07, 6.45) is 1.85. The number of halogens is 2. The van der Waals surface area contributed by atoms with Crippen LogP contribution >= 0.6 is 11.6 Å². The van der Waals surface area contributed by atoms with E-state index in [0.29, 0.717) is 28.1 Å². The topological polar surface area (TPSA) is 103 Å². The molecule has 1 heterocycles. The first kappa shape index (κ1) is 27.4. The molecular formula is C29H27ClFNO6. The van der Waals surface area contributed by atoms with Gasteiger partial charge in [0.1, 0.15) is 0 Å². The van der Waals surface area contributed by atoms with E-state index >= 15 is 0 Å². The lowest BCUT2D eigenvalue weighted by Gasteiger charge is -2.24. The Balaban J connectivity index is 1.78. The van der Waals surface area contributed by atoms with Crippen LogP contribution in [0.5, 0.6) is 0 Å². The number of aromatic nitrogens is 1. The molecule has 4 rings (SSSR count). The van der Waals surface area contributed by atoms with E-state index in [0.717, 1.165) is 5.56 Å². The molecule has 1 N–H and O–H groups in total. The van der Waals surface area contributed by atoms with Gasteiger partial charge in [0.05, 0.1) is 18.3 Å². The zero-order chi connectivity index (χ0) is 27.4. The highest BCUT2D eigenvalue weighted by atomic mass is 35.5. The normalized spacial score (nSPS) is 15.7. The zero-order valence-electron chi connectivity index (χ0n) is 20.8. The molecular weight excluding hydrogens is 513 g/mol. The van der Waals surface area contributed by atoms with E-state index in [1.54, 1.807) is 30.3 Å². The van der Waals surface area contributed by atoms with E-state index in [-0.39, 0.29) is 48.6 Å². The summed E-state index contributed by atoms with van der Waals surface area (Å²) in [6.45, 7) is -0.480. The Morgan fingerprint density at radius 3 is 2.47 bits per heavy atom. The molecule has 2 aromatic carbocycles. The number of hydrogen-bond acceptors (Lipinski definition) is 5. The molecule has 38 heavy (non-hydrogen) atoms. The van der Waals surface area contributed by atoms with Gasteiger partial charge < -0.3 is 14.4 Å². The maximum atomic E-state index is 13.8. The minimum absolute atomic E-state index is 0.0314. The van der Waals surface area contributed by atoms with Crippen molar-refractivity contribution >= 4 is 29.1 Å². The minimum Gasteiger partial charge on any atom is -0.478 e. The lowest BCUT2D eigenvalue weighted by atomic mass is 9.83. The first-order chi connectivity index (χ1) is 18.2. The Labute approximate surface area is 223 Å². The lowest BCUT2D eigenvalue weighted by Crippen LogP contribution is -2.32. The molecule has 0 bridgehead atoms. The summed E-state index contributed by atoms with van der Waals surface area (Å²) in [5.41, 5.74) is 2.25. The third-order valence-corrected chi connectivity index (χ3v) is 7.06. The van der Waals surface area contributed by atoms with Crippen molar-refractivity contribution in [2.24, 2.45) is 5.92 Å². The molecule has 1 aliphatic carbocycles. The smallest absolute Gasteiger partial charge is 0.335 e. The number of carbonyl (C=O) groups excluding carboxylic acids is 2. The molecule has 2 atom stereocenters. The average Bonchev–Trinajstić information content (AvgIpc) is 2.89. The van der Waals surface area contributed by atoms with Crippen molar-refractivity contribution in [2.75, 3.05) is 20.4 Å². The van der Waals surface area contributed by atoms with Crippen LogP contribution in [0.1, 0.15) is 50.7 Å². The average molecular weight is 540 g/mol. The number of fused-ring (bicyclic) bond motifs is 3. The van der Waals surface area contributed by atoms with Crippen LogP contribution in [0, 0.1) is 5.92 Å². The molecule has 7 nitrogen and oxygen atoms in total. The Morgan fingerprint density at radius 2 is 1.82 bits per heavy atom. The van der Waals surface area contributed by atoms with Crippen LogP contribution in [-0.4, -0.2) is 47.6 Å². The molecule has 0 amide bonds. The van der Waals surface area contributed by atoms with Gasteiger partial charge in [0.25, 0.3) is 5.56 Å². The minimum atomic E-state index is -1.07. The van der Waals surface area contributed by atoms with E-state index in [1.165, 1.54) is 36.1 Å². The molecule has 0 fully saturated rings. The highest BCUT2D eigenvalue weighted by Gasteiger charge is 2.28. The summed E-state index contributed by atoms with van der Waals surface area (Å²) >= 11 is 6.23. The number of nitrogens with zero attached hydrogens (tertiary/aromatic N) is 1. The number of ether oxygens (including phenoxy) is 1. The third-order valence-electron chi connectivity index (χ3n) is 6.83. The number of rotatable bonds is 9. The van der Waals surface area contributed by atoms with Crippen LogP contribution in [0.25, 0.3) is 11.1 Å². The monoisotopic (exact) mass is 539 g/mol. The molecule has 0 aliphatic heterocycles. The van der Waals surface area contributed by atoms with E-state index in [9.17, 15) is 23.6 Å². The Bertz CT molecular complexity index is 1430. The second-order valence-corrected chi connectivity index (χ2v) is 9.88. The van der Waals surface area contributed by atoms with Crippen molar-refractivity contribution in [3.63, 3.8) is 0 Å². The largest absolute Gasteiger partial charge is 0.478 e. The summed E-state index contributed by atoms with van der Waals surface area (Å²) in [5, 5.41) is 9.53. The van der Waals surface area contributed by atoms with Crippen molar-refractivity contribution in [1.29, 1.82) is 0 Å². The summed E-state index contributed by atoms with van der Waals surface area (Å²) in [6, 6.07) is 11.5. The van der Waals surface area contributed by atoms with Gasteiger partial charge >= 0.3 is 5.97 Å². The molecule has 1 aromatic heterocycles. The first-order valence-electron chi connectivity index (χ1n) is 12.2. The highest BCUT2D eigenvalue weighted by molar-refractivity contribution is 6.31. The fourth-order valence-corrected chi connectivity index (χ4v) is 5.02. The van der Waals surface area contributed by atoms with Crippen LogP contribution in [0.3, 0.4) is 0 Å². The van der Waals surface area contributed by atoms with Gasteiger partial charge in [-0.15, -0.1) is 0 Å². The van der Waals surface area contributed by atoms with Crippen molar-refractivity contribution in [3.05, 3.63) is 92.4 Å². The van der Waals surface area contributed by atoms with Gasteiger partial charge in [-0.25, -0.2) is 4.79 Å². The number of methoxy groups -OCH3 is 1. The van der Waals surface area contributed by atoms with E-state index in [4.69, 9.17) is 21.4 Å². The van der Waals surface area contributed by atoms with Gasteiger partial charge in [0.2, 0.25) is 0 Å². The van der Waals surface area contributed by atoms with E-state index < -0.39 is 30.2 Å². The number of carboxylic acids is 1. The van der Waals surface area contributed by atoms with E-state index in [2.05, 4.69) is 0 Å².